The standard InChI is InChI=1S/C17H21N5O2.C10H10FNO2/c1-2-21-7-9-22(10-8-21)12-14-5-3-13(11-18-14)4-6-15-16(23)20-17(24)19-15;1-12-5-6-3-4-7(14-2)9(11)8(6)10(12)13/h3,5,11,15H,2,7-10,12H2,1H3,(H2,19,20,23,24);3-4H,5H2,1-2H3. The molecule has 200 valence electrons. The summed E-state index contributed by atoms with van der Waals surface area (Å²) in [6.45, 7) is 8.95. The summed E-state index contributed by atoms with van der Waals surface area (Å²) < 4.78 is 18.4. The Morgan fingerprint density at radius 3 is 2.45 bits per heavy atom. The molecule has 0 saturated carbocycles. The Labute approximate surface area is 221 Å². The minimum absolute atomic E-state index is 0.118. The summed E-state index contributed by atoms with van der Waals surface area (Å²) in [5, 5.41) is 4.59. The minimum Gasteiger partial charge on any atom is -0.494 e. The van der Waals surface area contributed by atoms with Crippen molar-refractivity contribution in [2.75, 3.05) is 46.9 Å². The number of nitrogens with zero attached hydrogens (tertiary/aromatic N) is 4. The van der Waals surface area contributed by atoms with Gasteiger partial charge in [0.05, 0.1) is 18.4 Å². The van der Waals surface area contributed by atoms with Crippen LogP contribution in [-0.2, 0) is 17.9 Å². The van der Waals surface area contributed by atoms with Gasteiger partial charge in [0, 0.05) is 58.1 Å². The number of hydrogen-bond donors (Lipinski definition) is 2. The Morgan fingerprint density at radius 1 is 1.11 bits per heavy atom. The molecule has 2 aromatic rings. The van der Waals surface area contributed by atoms with E-state index in [0.29, 0.717) is 6.54 Å². The quantitative estimate of drug-likeness (QED) is 0.459. The molecule has 11 heteroatoms. The number of ether oxygens (including phenoxy) is 1. The molecular formula is C27H31FN6O4. The number of nitrogens with one attached hydrogen (secondary N) is 2. The molecule has 0 spiro atoms. The molecule has 0 bridgehead atoms. The highest BCUT2D eigenvalue weighted by molar-refractivity contribution is 6.05. The first kappa shape index (κ1) is 27.0. The van der Waals surface area contributed by atoms with Gasteiger partial charge in [-0.2, -0.15) is 0 Å². The summed E-state index contributed by atoms with van der Waals surface area (Å²) in [4.78, 5) is 44.7. The summed E-state index contributed by atoms with van der Waals surface area (Å²) in [5.41, 5.74) is 2.60. The van der Waals surface area contributed by atoms with E-state index in [9.17, 15) is 18.8 Å². The van der Waals surface area contributed by atoms with Gasteiger partial charge in [0.25, 0.3) is 11.8 Å². The van der Waals surface area contributed by atoms with Crippen LogP contribution < -0.4 is 15.4 Å². The number of methoxy groups -OCH3 is 1. The van der Waals surface area contributed by atoms with Gasteiger partial charge in [-0.25, -0.2) is 9.18 Å². The lowest BCUT2D eigenvalue weighted by molar-refractivity contribution is -0.119. The molecule has 0 radical (unpaired) electrons. The smallest absolute Gasteiger partial charge is 0.322 e. The lowest BCUT2D eigenvalue weighted by Crippen LogP contribution is -2.45. The number of amides is 4. The summed E-state index contributed by atoms with van der Waals surface area (Å²) in [7, 11) is 3.03. The van der Waals surface area contributed by atoms with Gasteiger partial charge in [-0.15, -0.1) is 0 Å². The predicted molar refractivity (Wildman–Crippen MR) is 138 cm³/mol. The van der Waals surface area contributed by atoms with Crippen molar-refractivity contribution in [3.8, 4) is 17.6 Å². The molecule has 2 N–H and O–H groups in total. The maximum absolute atomic E-state index is 13.6. The molecule has 38 heavy (non-hydrogen) atoms. The lowest BCUT2D eigenvalue weighted by Gasteiger charge is -2.33. The number of piperazine rings is 1. The fraction of sp³-hybridized carbons (Fsp3) is 0.407. The molecule has 4 heterocycles. The van der Waals surface area contributed by atoms with Crippen LogP contribution >= 0.6 is 0 Å². The number of halogens is 1. The van der Waals surface area contributed by atoms with Crippen LogP contribution in [0.3, 0.4) is 0 Å². The second-order valence-electron chi connectivity index (χ2n) is 9.19. The summed E-state index contributed by atoms with van der Waals surface area (Å²) in [6, 6.07) is 5.83. The SMILES string of the molecule is CCN1CCN(Cc2ccc(C#CC3NC(=O)NC3=O)cn2)CC1.COc1ccc2c(c1F)C(=O)N(C)C2. The van der Waals surface area contributed by atoms with E-state index in [1.165, 1.54) is 12.0 Å². The number of imide groups is 1. The second kappa shape index (κ2) is 12.0. The van der Waals surface area contributed by atoms with Gasteiger partial charge >= 0.3 is 6.03 Å². The highest BCUT2D eigenvalue weighted by Gasteiger charge is 2.30. The molecule has 1 aromatic heterocycles. The van der Waals surface area contributed by atoms with Crippen LogP contribution in [0.2, 0.25) is 0 Å². The van der Waals surface area contributed by atoms with Gasteiger partial charge in [0.15, 0.2) is 17.6 Å². The first-order chi connectivity index (χ1) is 18.3. The zero-order valence-electron chi connectivity index (χ0n) is 21.7. The normalized spacial score (nSPS) is 19.1. The zero-order valence-corrected chi connectivity index (χ0v) is 21.7. The number of fused-ring (bicyclic) bond motifs is 1. The van der Waals surface area contributed by atoms with E-state index >= 15 is 0 Å². The third-order valence-electron chi connectivity index (χ3n) is 6.64. The molecule has 2 fully saturated rings. The average molecular weight is 523 g/mol. The molecular weight excluding hydrogens is 491 g/mol. The fourth-order valence-corrected chi connectivity index (χ4v) is 4.39. The third kappa shape index (κ3) is 6.27. The maximum Gasteiger partial charge on any atom is 0.322 e. The summed E-state index contributed by atoms with van der Waals surface area (Å²) >= 11 is 0. The molecule has 2 saturated heterocycles. The van der Waals surface area contributed by atoms with Crippen molar-refractivity contribution in [2.45, 2.75) is 26.1 Å². The molecule has 5 rings (SSSR count). The van der Waals surface area contributed by atoms with Crippen LogP contribution in [0.25, 0.3) is 0 Å². The van der Waals surface area contributed by atoms with Crippen molar-refractivity contribution in [2.24, 2.45) is 0 Å². The Balaban J connectivity index is 0.000000204. The number of carbonyl (C=O) groups is 3. The predicted octanol–water partition coefficient (Wildman–Crippen LogP) is 1.20. The number of aromatic nitrogens is 1. The van der Waals surface area contributed by atoms with Gasteiger partial charge in [0.1, 0.15) is 0 Å². The van der Waals surface area contributed by atoms with E-state index in [0.717, 1.165) is 56.1 Å². The Morgan fingerprint density at radius 2 is 1.84 bits per heavy atom. The molecule has 1 unspecified atom stereocenters. The van der Waals surface area contributed by atoms with Crippen molar-refractivity contribution < 1.29 is 23.5 Å². The van der Waals surface area contributed by atoms with Crippen LogP contribution in [0, 0.1) is 17.7 Å². The average Bonchev–Trinajstić information content (AvgIpc) is 3.40. The van der Waals surface area contributed by atoms with Crippen LogP contribution in [0.1, 0.15) is 34.1 Å². The highest BCUT2D eigenvalue weighted by atomic mass is 19.1. The molecule has 3 aliphatic heterocycles. The van der Waals surface area contributed by atoms with Crippen molar-refractivity contribution >= 4 is 17.8 Å². The van der Waals surface area contributed by atoms with Crippen LogP contribution in [0.15, 0.2) is 30.5 Å². The Hall–Kier alpha value is -4.01. The summed E-state index contributed by atoms with van der Waals surface area (Å²) in [6.07, 6.45) is 1.71. The number of carbonyl (C=O) groups excluding carboxylic acids is 3. The number of hydrogen-bond acceptors (Lipinski definition) is 7. The topological polar surface area (TPSA) is 107 Å². The van der Waals surface area contributed by atoms with E-state index in [1.54, 1.807) is 25.4 Å². The van der Waals surface area contributed by atoms with Crippen LogP contribution in [0.4, 0.5) is 9.18 Å². The second-order valence-corrected chi connectivity index (χ2v) is 9.19. The van der Waals surface area contributed by atoms with E-state index in [2.05, 4.69) is 44.2 Å². The van der Waals surface area contributed by atoms with Gasteiger partial charge in [-0.3, -0.25) is 24.8 Å². The number of pyridine rings is 1. The van der Waals surface area contributed by atoms with Crippen molar-refractivity contribution in [3.63, 3.8) is 0 Å². The monoisotopic (exact) mass is 522 g/mol. The zero-order chi connectivity index (χ0) is 27.2. The molecule has 1 aromatic carbocycles. The van der Waals surface area contributed by atoms with E-state index in [4.69, 9.17) is 4.74 Å². The number of urea groups is 1. The van der Waals surface area contributed by atoms with Crippen LogP contribution in [0.5, 0.6) is 5.75 Å². The molecule has 4 amide bonds. The first-order valence-electron chi connectivity index (χ1n) is 12.4. The Bertz CT molecular complexity index is 1260. The molecule has 0 aliphatic carbocycles. The maximum atomic E-state index is 13.6. The largest absolute Gasteiger partial charge is 0.494 e. The van der Waals surface area contributed by atoms with E-state index in [1.807, 2.05) is 12.1 Å². The van der Waals surface area contributed by atoms with E-state index < -0.39 is 23.8 Å². The minimum atomic E-state index is -0.785. The van der Waals surface area contributed by atoms with Crippen molar-refractivity contribution in [1.82, 2.24) is 30.3 Å². The Kier molecular flexibility index (Phi) is 8.55. The molecule has 10 nitrogen and oxygen atoms in total. The first-order valence-corrected chi connectivity index (χ1v) is 12.4. The fourth-order valence-electron chi connectivity index (χ4n) is 4.39. The number of likely N-dealkylation sites (N-methyl/N-ethyl adjacent to an activating group) is 1. The van der Waals surface area contributed by atoms with Gasteiger partial charge in [-0.05, 0) is 30.3 Å². The lowest BCUT2D eigenvalue weighted by atomic mass is 10.1. The van der Waals surface area contributed by atoms with Gasteiger partial charge < -0.3 is 19.9 Å². The van der Waals surface area contributed by atoms with E-state index in [-0.39, 0.29) is 17.2 Å². The number of benzene rings is 1. The van der Waals surface area contributed by atoms with Gasteiger partial charge in [0.2, 0.25) is 0 Å². The van der Waals surface area contributed by atoms with Crippen molar-refractivity contribution in [3.05, 3.63) is 58.7 Å². The van der Waals surface area contributed by atoms with Gasteiger partial charge in [-0.1, -0.05) is 24.8 Å². The van der Waals surface area contributed by atoms with Crippen molar-refractivity contribution in [1.29, 1.82) is 0 Å². The molecule has 1 atom stereocenters. The third-order valence-corrected chi connectivity index (χ3v) is 6.64. The van der Waals surface area contributed by atoms with Crippen LogP contribution in [-0.4, -0.2) is 90.5 Å². The summed E-state index contributed by atoms with van der Waals surface area (Å²) in [5.74, 6) is 4.48. The molecule has 3 aliphatic rings. The number of rotatable bonds is 4. The highest BCUT2D eigenvalue weighted by Crippen LogP contribution is 2.29.